The maximum Gasteiger partial charge on any atom is 0.446 e. The number of rotatable bonds is 26. The molecule has 0 saturated heterocycles. The maximum atomic E-state index is 14.8. The summed E-state index contributed by atoms with van der Waals surface area (Å²) in [5.74, 6) is 5.09. The molecule has 3 N–H and O–H groups in total. The predicted molar refractivity (Wildman–Crippen MR) is 427 cm³/mol. The summed E-state index contributed by atoms with van der Waals surface area (Å²) in [5.41, 5.74) is 14.9. The summed E-state index contributed by atoms with van der Waals surface area (Å²) >= 11 is 1.65. The Bertz CT molecular complexity index is 5390. The highest BCUT2D eigenvalue weighted by atomic mass is 127. The van der Waals surface area contributed by atoms with Crippen LogP contribution in [0.5, 0.6) is 34.5 Å². The molecule has 28 nitrogen and oxygen atoms in total. The van der Waals surface area contributed by atoms with Crippen LogP contribution in [-0.2, 0) is 74.1 Å². The molecule has 0 fully saturated rings. The first-order chi connectivity index (χ1) is 53.9. The molecule has 3 aromatic heterocycles. The Labute approximate surface area is 668 Å². The van der Waals surface area contributed by atoms with E-state index in [2.05, 4.69) is 57.3 Å². The molecule has 36 heteroatoms. The van der Waals surface area contributed by atoms with Gasteiger partial charge in [0.15, 0.2) is 11.5 Å². The van der Waals surface area contributed by atoms with Gasteiger partial charge in [0.05, 0.1) is 70.4 Å². The second-order valence-electron chi connectivity index (χ2n) is 25.1. The minimum atomic E-state index is -4.64. The zero-order valence-electron chi connectivity index (χ0n) is 63.7. The molecular formula is C77H82BF3IN15O13S3. The van der Waals surface area contributed by atoms with Crippen molar-refractivity contribution in [2.75, 3.05) is 42.7 Å². The van der Waals surface area contributed by atoms with Gasteiger partial charge < -0.3 is 28.4 Å². The Kier molecular flexibility index (Phi) is 30.9. The number of primary sulfonamides is 1. The van der Waals surface area contributed by atoms with Crippen LogP contribution in [0.1, 0.15) is 66.8 Å². The van der Waals surface area contributed by atoms with Crippen molar-refractivity contribution in [3.8, 4) is 68.7 Å². The maximum absolute atomic E-state index is 14.8. The fourth-order valence-corrected chi connectivity index (χ4v) is 16.5. The van der Waals surface area contributed by atoms with Gasteiger partial charge in [-0.15, -0.1) is 25.5 Å². The van der Waals surface area contributed by atoms with E-state index in [1.165, 1.54) is 13.4 Å². The number of aromatic nitrogens is 12. The van der Waals surface area contributed by atoms with Crippen molar-refractivity contribution >= 4 is 64.4 Å². The van der Waals surface area contributed by atoms with Crippen LogP contribution < -0.4 is 33.6 Å². The van der Waals surface area contributed by atoms with Gasteiger partial charge in [-0.05, 0) is 202 Å². The van der Waals surface area contributed by atoms with Crippen molar-refractivity contribution < 1.29 is 71.6 Å². The number of H-pyrrole nitrogens is 1. The van der Waals surface area contributed by atoms with Gasteiger partial charge >= 0.3 is 6.18 Å². The monoisotopic (exact) mass is 1720 g/mol. The van der Waals surface area contributed by atoms with Crippen molar-refractivity contribution in [1.29, 1.82) is 0 Å². The highest BCUT2D eigenvalue weighted by Gasteiger charge is 2.35. The second-order valence-corrected chi connectivity index (χ2v) is 30.3. The van der Waals surface area contributed by atoms with Crippen LogP contribution >= 0.6 is 22.4 Å². The third-order valence-corrected chi connectivity index (χ3v) is 22.4. The number of nitrogens with zero attached hydrogens (tertiary/aromatic N) is 13. The number of ether oxygens (including phenoxy) is 6. The van der Waals surface area contributed by atoms with Crippen LogP contribution in [0.4, 0.5) is 13.2 Å². The van der Waals surface area contributed by atoms with E-state index in [0.29, 0.717) is 75.3 Å². The zero-order chi connectivity index (χ0) is 82.4. The first-order valence-electron chi connectivity index (χ1n) is 34.1. The minimum absolute atomic E-state index is 0.0406. The number of carbonyl (C=O) groups excluding carboxylic acids is 1. The molecule has 0 bridgehead atoms. The van der Waals surface area contributed by atoms with Gasteiger partial charge in [-0.3, -0.25) is 4.79 Å². The Morgan fingerprint density at radius 1 is 0.434 bits per heavy atom. The van der Waals surface area contributed by atoms with Crippen molar-refractivity contribution in [2.45, 2.75) is 102 Å². The van der Waals surface area contributed by atoms with Gasteiger partial charge in [-0.2, -0.15) is 54.2 Å². The van der Waals surface area contributed by atoms with Crippen LogP contribution in [0, 0.1) is 41.5 Å². The van der Waals surface area contributed by atoms with E-state index in [1.807, 2.05) is 184 Å². The Balaban J connectivity index is 0.000000218. The lowest BCUT2D eigenvalue weighted by Crippen LogP contribution is -2.31. The smallest absolute Gasteiger partial charge is 0.446 e. The lowest BCUT2D eigenvalue weighted by atomic mass is 10.0. The van der Waals surface area contributed by atoms with E-state index in [-0.39, 0.29) is 52.5 Å². The number of tetrazole rings is 3. The van der Waals surface area contributed by atoms with E-state index >= 15 is 0 Å². The number of aryl methyl sites for hydroxylation is 6. The quantitative estimate of drug-likeness (QED) is 0.0289. The Morgan fingerprint density at radius 2 is 0.743 bits per heavy atom. The number of sulfonamides is 3. The van der Waals surface area contributed by atoms with Gasteiger partial charge in [0, 0.05) is 42.9 Å². The minimum Gasteiger partial charge on any atom is -0.497 e. The SMILES string of the molecule is COc1ccc(CN(Cc2ccc(OC)cc2)S(=O)(=O)c2c(C)ccc(C)c2-c2nnn(Cc3ccc(OC)cc3)n2)cc1.COc1ccc(CN(Cc2ccc(OC)cc2)S(=O)(=O)c2c(C)ccc(C)c2-c2nnnn2Cc2ccc(OC)cc2)cc1.Cc1ccc(C)c(S(N)(=O)=O)c1-c1nn[nH]n1.O=CC(F)(F)F.[B]I. The summed E-state index contributed by atoms with van der Waals surface area (Å²) < 4.78 is 150. The molecule has 0 aliphatic carbocycles. The van der Waals surface area contributed by atoms with Gasteiger partial charge in [-0.25, -0.2) is 35.1 Å². The van der Waals surface area contributed by atoms with E-state index < -0.39 is 42.5 Å². The molecule has 0 saturated carbocycles. The molecule has 0 aliphatic rings. The molecule has 0 amide bonds. The number of aldehydes is 1. The van der Waals surface area contributed by atoms with Gasteiger partial charge in [0.1, 0.15) is 34.5 Å². The van der Waals surface area contributed by atoms with Crippen molar-refractivity contribution in [3.63, 3.8) is 0 Å². The molecule has 9 aromatic carbocycles. The number of carbonyl (C=O) groups is 1. The van der Waals surface area contributed by atoms with Gasteiger partial charge in [0.25, 0.3) is 0 Å². The average Bonchev–Trinajstić information content (AvgIpc) is 1.74. The fourth-order valence-electron chi connectivity index (χ4n) is 11.6. The molecule has 592 valence electrons. The second kappa shape index (κ2) is 39.9. The largest absolute Gasteiger partial charge is 0.497 e. The number of halogens is 4. The molecular weight excluding hydrogens is 1630 g/mol. The number of methoxy groups -OCH3 is 6. The molecule has 113 heavy (non-hydrogen) atoms. The van der Waals surface area contributed by atoms with Crippen LogP contribution in [0.25, 0.3) is 34.2 Å². The van der Waals surface area contributed by atoms with E-state index in [1.54, 1.807) is 110 Å². The van der Waals surface area contributed by atoms with Crippen LogP contribution in [0.15, 0.2) is 197 Å². The molecule has 0 unspecified atom stereocenters. The van der Waals surface area contributed by atoms with E-state index in [9.17, 15) is 38.4 Å². The number of hydrogen-bond donors (Lipinski definition) is 2. The third-order valence-electron chi connectivity index (χ3n) is 17.3. The molecule has 2 radical (unpaired) electrons. The number of nitrogens with two attached hydrogens (primary N) is 1. The first-order valence-corrected chi connectivity index (χ1v) is 39.7. The van der Waals surface area contributed by atoms with Crippen molar-refractivity contribution in [2.24, 2.45) is 5.14 Å². The summed E-state index contributed by atoms with van der Waals surface area (Å²) in [4.78, 5) is 10.5. The Morgan fingerprint density at radius 3 is 1.07 bits per heavy atom. The predicted octanol–water partition coefficient (Wildman–Crippen LogP) is 12.2. The van der Waals surface area contributed by atoms with E-state index in [0.717, 1.165) is 61.6 Å². The summed E-state index contributed by atoms with van der Waals surface area (Å²) in [7, 11) is -2.39. The number of nitrogens with one attached hydrogen (secondary N) is 1. The number of aromatic amines is 1. The van der Waals surface area contributed by atoms with Crippen molar-refractivity contribution in [1.82, 2.24) is 69.6 Å². The highest BCUT2D eigenvalue weighted by molar-refractivity contribution is 14.1. The molecule has 0 spiro atoms. The van der Waals surface area contributed by atoms with Crippen LogP contribution in [0.3, 0.4) is 0 Å². The number of benzene rings is 9. The summed E-state index contributed by atoms with van der Waals surface area (Å²) in [6.07, 6.45) is -5.70. The summed E-state index contributed by atoms with van der Waals surface area (Å²) in [6.45, 7) is 12.0. The number of hydrogen-bond acceptors (Lipinski definition) is 22. The molecule has 0 aliphatic heterocycles. The molecule has 12 aromatic rings. The standard InChI is InChI=1S/2C33H35N5O5S.C9H11N5O2S.C2HF3O.BI/c1-23-6-7-24(2)32(31(23)33-34-35-36-38(33)22-27-12-18-30(43-5)19-13-27)44(39,40)37(20-25-8-14-28(41-3)15-9-25)21-26-10-16-29(42-4)17-11-26;1-23-6-7-24(2)32(31(23)33-34-36-38(35-33)22-27-12-18-30(43-5)19-13-27)44(39,40)37(20-25-8-14-28(41-3)15-9-25)21-26-10-16-29(42-4)17-11-26;1-5-3-4-6(2)8(17(10,15)16)7(5)9-11-13-14-12-9;3-2(4,5)1-6;1-2/h2*6-19H,20-22H2,1-5H3;3-4H,1-2H3,(H2,10,15,16)(H,11,12,13,14);1H;. The summed E-state index contributed by atoms with van der Waals surface area (Å²) in [5, 5.41) is 44.2. The lowest BCUT2D eigenvalue weighted by molar-refractivity contribution is -0.156. The van der Waals surface area contributed by atoms with Gasteiger partial charge in [0.2, 0.25) is 48.0 Å². The third kappa shape index (κ3) is 23.1. The van der Waals surface area contributed by atoms with Crippen molar-refractivity contribution in [3.05, 3.63) is 249 Å². The summed E-state index contributed by atoms with van der Waals surface area (Å²) in [6, 6.07) is 55.6. The lowest BCUT2D eigenvalue weighted by Gasteiger charge is -2.26. The van der Waals surface area contributed by atoms with Gasteiger partial charge in [-0.1, -0.05) is 109 Å². The highest BCUT2D eigenvalue weighted by Crippen LogP contribution is 2.38. The van der Waals surface area contributed by atoms with E-state index in [4.69, 9.17) is 38.4 Å². The fraction of sp³-hybridized carbons (Fsp3) is 0.247. The topological polar surface area (TPSA) is 349 Å². The molecule has 3 heterocycles. The molecule has 0 atom stereocenters. The Hall–Kier alpha value is -11.0. The first kappa shape index (κ1) is 87.6. The molecule has 12 rings (SSSR count). The number of alkyl halides is 3. The van der Waals surface area contributed by atoms with Crippen LogP contribution in [-0.4, -0.2) is 156 Å². The van der Waals surface area contributed by atoms with Crippen LogP contribution in [0.2, 0.25) is 0 Å². The zero-order valence-corrected chi connectivity index (χ0v) is 68.3. The normalized spacial score (nSPS) is 11.4. The average molecular weight is 1720 g/mol.